The van der Waals surface area contributed by atoms with Gasteiger partial charge in [0.2, 0.25) is 11.8 Å². The Morgan fingerprint density at radius 3 is 2.21 bits per heavy atom. The number of hydrogen-bond donors (Lipinski definition) is 1. The van der Waals surface area contributed by atoms with Crippen LogP contribution in [0, 0.1) is 0 Å². The number of rotatable bonds is 14. The van der Waals surface area contributed by atoms with Crippen molar-refractivity contribution in [1.82, 2.24) is 10.2 Å². The zero-order valence-corrected chi connectivity index (χ0v) is 24.0. The highest BCUT2D eigenvalue weighted by Gasteiger charge is 2.31. The van der Waals surface area contributed by atoms with Gasteiger partial charge in [-0.15, -0.1) is 0 Å². The summed E-state index contributed by atoms with van der Waals surface area (Å²) in [5.41, 5.74) is 2.73. The van der Waals surface area contributed by atoms with Gasteiger partial charge in [0.05, 0.1) is 13.2 Å². The second kappa shape index (κ2) is 15.2. The van der Waals surface area contributed by atoms with E-state index in [1.54, 1.807) is 11.0 Å². The number of benzene rings is 3. The molecule has 208 valence electrons. The highest BCUT2D eigenvalue weighted by molar-refractivity contribution is 6.31. The van der Waals surface area contributed by atoms with Crippen LogP contribution >= 0.6 is 11.6 Å². The van der Waals surface area contributed by atoms with Crippen LogP contribution in [0.1, 0.15) is 50.8 Å². The molecule has 0 aliphatic carbocycles. The number of halogens is 1. The average molecular weight is 551 g/mol. The molecule has 1 N–H and O–H groups in total. The van der Waals surface area contributed by atoms with E-state index >= 15 is 0 Å². The van der Waals surface area contributed by atoms with E-state index in [1.165, 1.54) is 0 Å². The van der Waals surface area contributed by atoms with Gasteiger partial charge in [-0.05, 0) is 69.0 Å². The summed E-state index contributed by atoms with van der Waals surface area (Å²) in [6.45, 7) is 8.97. The summed E-state index contributed by atoms with van der Waals surface area (Å²) in [4.78, 5) is 29.1. The van der Waals surface area contributed by atoms with Gasteiger partial charge in [-0.25, -0.2) is 0 Å². The molecule has 0 unspecified atom stereocenters. The van der Waals surface area contributed by atoms with Crippen LogP contribution in [0.2, 0.25) is 5.02 Å². The van der Waals surface area contributed by atoms with Crippen LogP contribution in [0.25, 0.3) is 0 Å². The summed E-state index contributed by atoms with van der Waals surface area (Å²) in [6, 6.07) is 22.2. The third-order valence-electron chi connectivity index (χ3n) is 6.24. The predicted molar refractivity (Wildman–Crippen MR) is 156 cm³/mol. The number of nitrogens with one attached hydrogen (secondary N) is 1. The van der Waals surface area contributed by atoms with Crippen molar-refractivity contribution in [1.29, 1.82) is 0 Å². The molecule has 7 heteroatoms. The number of nitrogens with zero attached hydrogens (tertiary/aromatic N) is 1. The van der Waals surface area contributed by atoms with Gasteiger partial charge in [-0.1, -0.05) is 66.2 Å². The molecular weight excluding hydrogens is 512 g/mol. The van der Waals surface area contributed by atoms with Crippen molar-refractivity contribution in [3.05, 3.63) is 94.5 Å². The van der Waals surface area contributed by atoms with Crippen LogP contribution < -0.4 is 14.8 Å². The molecule has 0 heterocycles. The molecule has 6 nitrogen and oxygen atoms in total. The quantitative estimate of drug-likeness (QED) is 0.258. The van der Waals surface area contributed by atoms with Crippen LogP contribution in [-0.4, -0.2) is 42.0 Å². The van der Waals surface area contributed by atoms with Gasteiger partial charge in [0.15, 0.2) is 11.5 Å². The van der Waals surface area contributed by atoms with Gasteiger partial charge in [-0.2, -0.15) is 0 Å². The third kappa shape index (κ3) is 9.03. The number of aryl methyl sites for hydroxylation is 1. The van der Waals surface area contributed by atoms with E-state index < -0.39 is 6.04 Å². The Morgan fingerprint density at radius 2 is 1.54 bits per heavy atom. The fraction of sp³-hybridized carbons (Fsp3) is 0.375. The Bertz CT molecular complexity index is 1220. The van der Waals surface area contributed by atoms with Crippen LogP contribution in [0.4, 0.5) is 0 Å². The maximum atomic E-state index is 13.9. The lowest BCUT2D eigenvalue weighted by molar-refractivity contribution is -0.141. The van der Waals surface area contributed by atoms with Crippen LogP contribution in [0.3, 0.4) is 0 Å². The van der Waals surface area contributed by atoms with E-state index in [0.717, 1.165) is 16.7 Å². The fourth-order valence-corrected chi connectivity index (χ4v) is 4.59. The Morgan fingerprint density at radius 1 is 0.872 bits per heavy atom. The van der Waals surface area contributed by atoms with Crippen molar-refractivity contribution in [3.8, 4) is 11.5 Å². The monoisotopic (exact) mass is 550 g/mol. The van der Waals surface area contributed by atoms with Crippen LogP contribution in [0.15, 0.2) is 72.8 Å². The summed E-state index contributed by atoms with van der Waals surface area (Å²) in [5, 5.41) is 3.58. The lowest BCUT2D eigenvalue weighted by Gasteiger charge is -2.32. The number of hydrogen-bond acceptors (Lipinski definition) is 4. The van der Waals surface area contributed by atoms with Gasteiger partial charge in [0.25, 0.3) is 0 Å². The normalized spacial score (nSPS) is 11.6. The number of ether oxygens (including phenoxy) is 2. The lowest BCUT2D eigenvalue weighted by Crippen LogP contribution is -2.51. The van der Waals surface area contributed by atoms with Crippen molar-refractivity contribution in [2.75, 3.05) is 13.2 Å². The molecule has 39 heavy (non-hydrogen) atoms. The minimum atomic E-state index is -0.696. The number of carbonyl (C=O) groups excluding carboxylic acids is 2. The first-order valence-corrected chi connectivity index (χ1v) is 14.0. The van der Waals surface area contributed by atoms with Crippen LogP contribution in [0.5, 0.6) is 11.5 Å². The molecule has 0 aromatic heterocycles. The fourth-order valence-electron chi connectivity index (χ4n) is 4.39. The molecule has 0 saturated heterocycles. The molecule has 3 rings (SSSR count). The van der Waals surface area contributed by atoms with Crippen molar-refractivity contribution < 1.29 is 19.1 Å². The van der Waals surface area contributed by atoms with Gasteiger partial charge >= 0.3 is 0 Å². The Balaban J connectivity index is 1.90. The smallest absolute Gasteiger partial charge is 0.243 e. The van der Waals surface area contributed by atoms with E-state index in [-0.39, 0.29) is 30.8 Å². The summed E-state index contributed by atoms with van der Waals surface area (Å²) in [7, 11) is 0. The SMILES string of the molecule is CCOc1ccc(CCC(=O)N(Cc2ccccc2Cl)[C@H](Cc2ccccc2)C(=O)NC(C)C)cc1OCC. The van der Waals surface area contributed by atoms with E-state index in [4.69, 9.17) is 21.1 Å². The Kier molecular flexibility index (Phi) is 11.7. The van der Waals surface area contributed by atoms with E-state index in [9.17, 15) is 9.59 Å². The summed E-state index contributed by atoms with van der Waals surface area (Å²) in [6.07, 6.45) is 1.12. The number of amides is 2. The summed E-state index contributed by atoms with van der Waals surface area (Å²) in [5.74, 6) is 1.04. The molecule has 0 aliphatic rings. The molecule has 0 bridgehead atoms. The van der Waals surface area contributed by atoms with Gasteiger partial charge in [-0.3, -0.25) is 9.59 Å². The minimum absolute atomic E-state index is 0.0612. The van der Waals surface area contributed by atoms with E-state index in [2.05, 4.69) is 5.32 Å². The summed E-state index contributed by atoms with van der Waals surface area (Å²) < 4.78 is 11.4. The summed E-state index contributed by atoms with van der Waals surface area (Å²) >= 11 is 6.50. The second-order valence-electron chi connectivity index (χ2n) is 9.63. The van der Waals surface area contributed by atoms with Crippen molar-refractivity contribution in [2.24, 2.45) is 0 Å². The molecule has 3 aromatic rings. The molecule has 0 radical (unpaired) electrons. The maximum Gasteiger partial charge on any atom is 0.243 e. The molecule has 0 aliphatic heterocycles. The molecule has 0 fully saturated rings. The first kappa shape index (κ1) is 30.0. The van der Waals surface area contributed by atoms with Gasteiger partial charge in [0.1, 0.15) is 6.04 Å². The number of carbonyl (C=O) groups is 2. The highest BCUT2D eigenvalue weighted by atomic mass is 35.5. The Hall–Kier alpha value is -3.51. The highest BCUT2D eigenvalue weighted by Crippen LogP contribution is 2.29. The largest absolute Gasteiger partial charge is 0.490 e. The van der Waals surface area contributed by atoms with Gasteiger partial charge < -0.3 is 19.7 Å². The maximum absolute atomic E-state index is 13.9. The van der Waals surface area contributed by atoms with Crippen molar-refractivity contribution >= 4 is 23.4 Å². The molecule has 0 spiro atoms. The lowest BCUT2D eigenvalue weighted by atomic mass is 10.0. The van der Waals surface area contributed by atoms with Crippen LogP contribution in [-0.2, 0) is 29.0 Å². The standard InChI is InChI=1S/C32H39ClN2O4/c1-5-38-29-18-16-25(21-30(29)39-6-2)17-19-31(36)35(22-26-14-10-11-15-27(26)33)28(32(37)34-23(3)4)20-24-12-8-7-9-13-24/h7-16,18,21,23,28H,5-6,17,19-20,22H2,1-4H3,(H,34,37)/t28-/m1/s1. The first-order chi connectivity index (χ1) is 18.8. The zero-order chi connectivity index (χ0) is 28.2. The minimum Gasteiger partial charge on any atom is -0.490 e. The molecule has 1 atom stereocenters. The topological polar surface area (TPSA) is 67.9 Å². The zero-order valence-electron chi connectivity index (χ0n) is 23.3. The second-order valence-corrected chi connectivity index (χ2v) is 10.0. The molecule has 2 amide bonds. The van der Waals surface area contributed by atoms with E-state index in [0.29, 0.717) is 42.6 Å². The predicted octanol–water partition coefficient (Wildman–Crippen LogP) is 6.23. The van der Waals surface area contributed by atoms with Crippen molar-refractivity contribution in [3.63, 3.8) is 0 Å². The molecule has 3 aromatic carbocycles. The van der Waals surface area contributed by atoms with Gasteiger partial charge in [0, 0.05) is 30.5 Å². The first-order valence-electron chi connectivity index (χ1n) is 13.6. The Labute approximate surface area is 237 Å². The van der Waals surface area contributed by atoms with Crippen molar-refractivity contribution in [2.45, 2.75) is 65.6 Å². The molecule has 0 saturated carbocycles. The third-order valence-corrected chi connectivity index (χ3v) is 6.60. The average Bonchev–Trinajstić information content (AvgIpc) is 2.92. The van der Waals surface area contributed by atoms with E-state index in [1.807, 2.05) is 94.4 Å². The molecular formula is C32H39ClN2O4.